The molecule has 1 aromatic rings. The third-order valence-electron chi connectivity index (χ3n) is 6.85. The van der Waals surface area contributed by atoms with E-state index in [0.29, 0.717) is 0 Å². The van der Waals surface area contributed by atoms with Crippen LogP contribution in [-0.4, -0.2) is 61.7 Å². The smallest absolute Gasteiger partial charge is 0.471 e. The van der Waals surface area contributed by atoms with E-state index in [1.54, 1.807) is 0 Å². The monoisotopic (exact) mass is 484 g/mol. The molecule has 0 heterocycles. The molecule has 0 bridgehead atoms. The minimum atomic E-state index is -5.28. The van der Waals surface area contributed by atoms with Crippen molar-refractivity contribution < 1.29 is 52.8 Å². The number of phenolic OH excluding ortho intramolecular Hbond substituents is 1. The first kappa shape index (κ1) is 23.7. The minimum Gasteiger partial charge on any atom is -0.507 e. The zero-order valence-electron chi connectivity index (χ0n) is 17.3. The first-order valence-electron chi connectivity index (χ1n) is 10.1. The molecule has 4 atom stereocenters. The third-order valence-corrected chi connectivity index (χ3v) is 6.85. The van der Waals surface area contributed by atoms with Crippen LogP contribution in [0, 0.1) is 11.3 Å². The lowest BCUT2D eigenvalue weighted by Crippen LogP contribution is -2.66. The summed E-state index contributed by atoms with van der Waals surface area (Å²) in [6, 6.07) is 2.05. The Kier molecular flexibility index (Phi) is 5.07. The van der Waals surface area contributed by atoms with E-state index in [4.69, 9.17) is 5.73 Å². The number of phenols is 1. The van der Waals surface area contributed by atoms with Gasteiger partial charge in [0, 0.05) is 12.3 Å². The number of primary amides is 1. The second-order valence-corrected chi connectivity index (χ2v) is 8.81. The van der Waals surface area contributed by atoms with Gasteiger partial charge in [-0.2, -0.15) is 13.2 Å². The van der Waals surface area contributed by atoms with Crippen molar-refractivity contribution in [3.63, 3.8) is 0 Å². The maximum Gasteiger partial charge on any atom is 0.471 e. The fraction of sp³-hybridized carbons (Fsp3) is 0.429. The number of benzene rings is 1. The number of amides is 2. The number of halogens is 3. The van der Waals surface area contributed by atoms with E-state index in [2.05, 4.69) is 0 Å². The second-order valence-electron chi connectivity index (χ2n) is 8.81. The SMILES string of the molecule is NC(=O)C12Cc3ccc(NC(=O)C(F)(F)F)c(O)c3C(O)=C1C(=O)C1(O)C(=O)CC(O)CC1C2. The van der Waals surface area contributed by atoms with Gasteiger partial charge in [-0.25, -0.2) is 0 Å². The molecule has 0 aromatic heterocycles. The number of carbonyl (C=O) groups excluding carboxylic acids is 4. The molecule has 182 valence electrons. The van der Waals surface area contributed by atoms with Gasteiger partial charge in [0.25, 0.3) is 0 Å². The first-order chi connectivity index (χ1) is 15.6. The summed E-state index contributed by atoms with van der Waals surface area (Å²) in [5.41, 5.74) is -1.03. The number of hydrogen-bond donors (Lipinski definition) is 6. The highest BCUT2D eigenvalue weighted by Crippen LogP contribution is 2.57. The Bertz CT molecular complexity index is 1190. The van der Waals surface area contributed by atoms with Gasteiger partial charge in [0.1, 0.15) is 11.5 Å². The van der Waals surface area contributed by atoms with Crippen molar-refractivity contribution in [1.29, 1.82) is 0 Å². The molecule has 0 aliphatic heterocycles. The van der Waals surface area contributed by atoms with Crippen LogP contribution in [-0.2, 0) is 25.6 Å². The Labute approximate surface area is 188 Å². The highest BCUT2D eigenvalue weighted by Gasteiger charge is 2.66. The van der Waals surface area contributed by atoms with E-state index >= 15 is 0 Å². The lowest BCUT2D eigenvalue weighted by molar-refractivity contribution is -0.171. The Morgan fingerprint density at radius 1 is 1.18 bits per heavy atom. The Morgan fingerprint density at radius 2 is 1.82 bits per heavy atom. The zero-order chi connectivity index (χ0) is 25.4. The van der Waals surface area contributed by atoms with Crippen LogP contribution in [0.15, 0.2) is 17.7 Å². The number of carbonyl (C=O) groups is 4. The average Bonchev–Trinajstić information content (AvgIpc) is 2.71. The standard InChI is InChI=1S/C21H19F3N2O8/c22-21(23,24)18(33)26-10-2-1-7-5-19(17(25)32)6-8-3-9(27)4-11(28)20(8,34)16(31)13(19)15(30)12(7)14(10)29/h1-2,8-9,27,29-30,34H,3-6H2,(H2,25,32)(H,26,33). The Balaban J connectivity index is 1.91. The van der Waals surface area contributed by atoms with Crippen molar-refractivity contribution in [2.45, 2.75) is 43.6 Å². The number of nitrogens with one attached hydrogen (secondary N) is 1. The van der Waals surface area contributed by atoms with Crippen LogP contribution in [0.1, 0.15) is 30.4 Å². The Hall–Kier alpha value is -3.45. The molecule has 2 amide bonds. The number of aliphatic hydroxyl groups is 3. The van der Waals surface area contributed by atoms with E-state index < -0.39 is 93.8 Å². The maximum absolute atomic E-state index is 13.4. The quantitative estimate of drug-likeness (QED) is 0.254. The molecule has 0 saturated heterocycles. The van der Waals surface area contributed by atoms with Gasteiger partial charge in [-0.05, 0) is 30.9 Å². The molecule has 0 radical (unpaired) electrons. The van der Waals surface area contributed by atoms with Crippen LogP contribution in [0.25, 0.3) is 5.76 Å². The summed E-state index contributed by atoms with van der Waals surface area (Å²) < 4.78 is 37.9. The van der Waals surface area contributed by atoms with Crippen molar-refractivity contribution >= 4 is 34.8 Å². The highest BCUT2D eigenvalue weighted by atomic mass is 19.4. The summed E-state index contributed by atoms with van der Waals surface area (Å²) in [4.78, 5) is 49.8. The van der Waals surface area contributed by atoms with Crippen LogP contribution in [0.5, 0.6) is 5.75 Å². The predicted octanol–water partition coefficient (Wildman–Crippen LogP) is 0.234. The molecule has 7 N–H and O–H groups in total. The summed E-state index contributed by atoms with van der Waals surface area (Å²) in [7, 11) is 0. The molecule has 3 aliphatic carbocycles. The molecular formula is C21H19F3N2O8. The normalized spacial score (nSPS) is 30.9. The van der Waals surface area contributed by atoms with Crippen LogP contribution in [0.3, 0.4) is 0 Å². The maximum atomic E-state index is 13.4. The van der Waals surface area contributed by atoms with Crippen LogP contribution in [0.4, 0.5) is 18.9 Å². The van der Waals surface area contributed by atoms with Crippen molar-refractivity contribution in [3.8, 4) is 5.75 Å². The predicted molar refractivity (Wildman–Crippen MR) is 106 cm³/mol. The molecule has 4 unspecified atom stereocenters. The molecule has 0 spiro atoms. The average molecular weight is 484 g/mol. The summed E-state index contributed by atoms with van der Waals surface area (Å²) in [5, 5.41) is 44.0. The number of alkyl halides is 3. The molecule has 13 heteroatoms. The van der Waals surface area contributed by atoms with E-state index in [1.807, 2.05) is 0 Å². The first-order valence-corrected chi connectivity index (χ1v) is 10.1. The zero-order valence-corrected chi connectivity index (χ0v) is 17.3. The topological polar surface area (TPSA) is 187 Å². The molecule has 1 aromatic carbocycles. The summed E-state index contributed by atoms with van der Waals surface area (Å²) >= 11 is 0. The number of nitrogens with two attached hydrogens (primary N) is 1. The number of hydrogen-bond acceptors (Lipinski definition) is 8. The molecule has 3 aliphatic rings. The van der Waals surface area contributed by atoms with Gasteiger partial charge in [-0.15, -0.1) is 0 Å². The van der Waals surface area contributed by atoms with E-state index in [1.165, 1.54) is 5.32 Å². The van der Waals surface area contributed by atoms with Crippen molar-refractivity contribution in [2.24, 2.45) is 17.1 Å². The van der Waals surface area contributed by atoms with E-state index in [9.17, 15) is 52.8 Å². The molecule has 4 rings (SSSR count). The van der Waals surface area contributed by atoms with Gasteiger partial charge in [-0.3, -0.25) is 19.2 Å². The number of anilines is 1. The van der Waals surface area contributed by atoms with Gasteiger partial charge >= 0.3 is 12.1 Å². The molecular weight excluding hydrogens is 465 g/mol. The number of rotatable bonds is 2. The molecule has 2 fully saturated rings. The number of Topliss-reactive ketones (excluding diaryl/α,β-unsaturated/α-hetero) is 2. The van der Waals surface area contributed by atoms with Crippen LogP contribution >= 0.6 is 0 Å². The largest absolute Gasteiger partial charge is 0.507 e. The number of fused-ring (bicyclic) bond motifs is 3. The summed E-state index contributed by atoms with van der Waals surface area (Å²) in [6.07, 6.45) is -7.99. The minimum absolute atomic E-state index is 0.0171. The van der Waals surface area contributed by atoms with Crippen molar-refractivity contribution in [1.82, 2.24) is 0 Å². The van der Waals surface area contributed by atoms with Crippen molar-refractivity contribution in [3.05, 3.63) is 28.8 Å². The molecule has 2 saturated carbocycles. The van der Waals surface area contributed by atoms with Gasteiger partial charge in [-0.1, -0.05) is 6.07 Å². The fourth-order valence-electron chi connectivity index (χ4n) is 5.25. The van der Waals surface area contributed by atoms with Gasteiger partial charge in [0.15, 0.2) is 11.4 Å². The van der Waals surface area contributed by atoms with Crippen molar-refractivity contribution in [2.75, 3.05) is 5.32 Å². The van der Waals surface area contributed by atoms with Crippen LogP contribution < -0.4 is 11.1 Å². The number of ketones is 2. The van der Waals surface area contributed by atoms with Gasteiger partial charge in [0.2, 0.25) is 11.7 Å². The fourth-order valence-corrected chi connectivity index (χ4v) is 5.25. The Morgan fingerprint density at radius 3 is 2.41 bits per heavy atom. The molecule has 34 heavy (non-hydrogen) atoms. The summed E-state index contributed by atoms with van der Waals surface area (Å²) in [6.45, 7) is 0. The second kappa shape index (κ2) is 7.27. The molecule has 10 nitrogen and oxygen atoms in total. The third kappa shape index (κ3) is 3.10. The lowest BCUT2D eigenvalue weighted by atomic mass is 9.52. The van der Waals surface area contributed by atoms with E-state index in [0.717, 1.165) is 12.1 Å². The van der Waals surface area contributed by atoms with Gasteiger partial charge in [0.05, 0.1) is 28.3 Å². The van der Waals surface area contributed by atoms with Gasteiger partial charge < -0.3 is 31.5 Å². The van der Waals surface area contributed by atoms with Crippen LogP contribution in [0.2, 0.25) is 0 Å². The number of aromatic hydroxyl groups is 1. The summed E-state index contributed by atoms with van der Waals surface area (Å²) in [5.74, 6) is -9.14. The highest BCUT2D eigenvalue weighted by molar-refractivity contribution is 6.24. The number of aliphatic hydroxyl groups excluding tert-OH is 2. The lowest BCUT2D eigenvalue weighted by Gasteiger charge is -2.51. The van der Waals surface area contributed by atoms with E-state index in [-0.39, 0.29) is 18.4 Å².